The van der Waals surface area contributed by atoms with Gasteiger partial charge in [0.15, 0.2) is 0 Å². The molecule has 4 N–H and O–H groups in total. The second-order valence-electron chi connectivity index (χ2n) is 13.6. The van der Waals surface area contributed by atoms with Crippen molar-refractivity contribution in [1.29, 1.82) is 0 Å². The van der Waals surface area contributed by atoms with E-state index in [0.717, 1.165) is 36.3 Å². The maximum atomic E-state index is 14.4. The van der Waals surface area contributed by atoms with Crippen LogP contribution in [0.1, 0.15) is 43.4 Å². The van der Waals surface area contributed by atoms with Gasteiger partial charge in [-0.2, -0.15) is 4.31 Å². The maximum absolute atomic E-state index is 14.4. The number of benzene rings is 4. The monoisotopic (exact) mass is 683 g/mol. The fraction of sp³-hybridized carbons (Fsp3) is 0.400. The van der Waals surface area contributed by atoms with Gasteiger partial charge in [-0.1, -0.05) is 105 Å². The number of likely N-dealkylation sites (tertiary alicyclic amines) is 1. The van der Waals surface area contributed by atoms with Gasteiger partial charge in [-0.3, -0.25) is 4.90 Å². The Bertz CT molecular complexity index is 1620. The van der Waals surface area contributed by atoms with Crippen LogP contribution < -0.4 is 11.1 Å². The van der Waals surface area contributed by atoms with Gasteiger partial charge in [0, 0.05) is 45.3 Å². The number of aliphatic hydroxyl groups excluding tert-OH is 1. The number of aliphatic hydroxyl groups is 1. The second-order valence-corrected chi connectivity index (χ2v) is 15.6. The number of rotatable bonds is 18. The Morgan fingerprint density at radius 3 is 1.90 bits per heavy atom. The number of sulfonamides is 1. The molecule has 4 aromatic carbocycles. The predicted molar refractivity (Wildman–Crippen MR) is 201 cm³/mol. The van der Waals surface area contributed by atoms with Crippen molar-refractivity contribution >= 4 is 21.4 Å². The minimum atomic E-state index is -3.97. The average Bonchev–Trinajstić information content (AvgIpc) is 3.62. The summed E-state index contributed by atoms with van der Waals surface area (Å²) in [5, 5.41) is 15.6. The third kappa shape index (κ3) is 10.6. The van der Waals surface area contributed by atoms with Gasteiger partial charge in [-0.05, 0) is 73.2 Å². The van der Waals surface area contributed by atoms with Gasteiger partial charge in [0.05, 0.1) is 22.4 Å². The molecule has 1 heterocycles. The number of nitrogen functional groups attached to an aromatic ring is 1. The molecule has 2 unspecified atom stereocenters. The summed E-state index contributed by atoms with van der Waals surface area (Å²) in [6.45, 7) is 9.20. The van der Waals surface area contributed by atoms with Crippen LogP contribution in [0.3, 0.4) is 0 Å². The summed E-state index contributed by atoms with van der Waals surface area (Å²) in [5.41, 5.74) is 10.8. The summed E-state index contributed by atoms with van der Waals surface area (Å²) in [6, 6.07) is 35.1. The van der Waals surface area contributed by atoms with Crippen LogP contribution in [0.4, 0.5) is 11.4 Å². The highest BCUT2D eigenvalue weighted by Gasteiger charge is 2.33. The van der Waals surface area contributed by atoms with Crippen LogP contribution >= 0.6 is 0 Å². The molecule has 5 rings (SSSR count). The van der Waals surface area contributed by atoms with Gasteiger partial charge in [0.2, 0.25) is 10.0 Å². The van der Waals surface area contributed by atoms with Crippen molar-refractivity contribution in [1.82, 2.24) is 14.1 Å². The van der Waals surface area contributed by atoms with Crippen molar-refractivity contribution in [2.24, 2.45) is 5.92 Å². The van der Waals surface area contributed by atoms with E-state index in [0.29, 0.717) is 37.4 Å². The lowest BCUT2D eigenvalue weighted by Gasteiger charge is -2.37. The Labute approximate surface area is 293 Å². The van der Waals surface area contributed by atoms with Gasteiger partial charge < -0.3 is 21.1 Å². The lowest BCUT2D eigenvalue weighted by molar-refractivity contribution is 0.0273. The Balaban J connectivity index is 1.43. The van der Waals surface area contributed by atoms with Crippen LogP contribution in [0.2, 0.25) is 0 Å². The first-order valence-corrected chi connectivity index (χ1v) is 19.0. The minimum absolute atomic E-state index is 0.0415. The second kappa shape index (κ2) is 17.8. The largest absolute Gasteiger partial charge is 0.397 e. The van der Waals surface area contributed by atoms with Gasteiger partial charge in [0.25, 0.3) is 0 Å². The molecular weight excluding hydrogens is 631 g/mol. The first kappa shape index (κ1) is 36.5. The lowest BCUT2D eigenvalue weighted by atomic mass is 9.97. The molecule has 0 aliphatic carbocycles. The van der Waals surface area contributed by atoms with Crippen molar-refractivity contribution in [3.8, 4) is 0 Å². The number of nitrogens with two attached hydrogens (primary N) is 1. The number of nitrogens with zero attached hydrogens (tertiary/aromatic N) is 3. The average molecular weight is 684 g/mol. The molecule has 2 atom stereocenters. The molecule has 0 radical (unpaired) electrons. The summed E-state index contributed by atoms with van der Waals surface area (Å²) in [7, 11) is -3.97. The zero-order valence-electron chi connectivity index (χ0n) is 29.0. The quantitative estimate of drug-likeness (QED) is 0.109. The zero-order valence-corrected chi connectivity index (χ0v) is 29.8. The molecule has 4 aromatic rings. The van der Waals surface area contributed by atoms with E-state index in [1.54, 1.807) is 18.2 Å². The molecule has 1 aliphatic rings. The molecule has 0 spiro atoms. The summed E-state index contributed by atoms with van der Waals surface area (Å²) in [4.78, 5) is 4.86. The summed E-state index contributed by atoms with van der Waals surface area (Å²) >= 11 is 0. The maximum Gasteiger partial charge on any atom is 0.243 e. The first-order valence-electron chi connectivity index (χ1n) is 17.6. The Morgan fingerprint density at radius 1 is 0.796 bits per heavy atom. The molecule has 0 aromatic heterocycles. The molecule has 0 bridgehead atoms. The smallest absolute Gasteiger partial charge is 0.243 e. The molecule has 0 saturated carbocycles. The molecular formula is C40H53N5O3S. The SMILES string of the molecule is CC(C)CN(CC(O)C(Cc1ccccc1)N(Cc1ccccc1)Cc1ccccc1)S(=O)(=O)c1ccc(N)c(NCCN2CCCC2)c1. The van der Waals surface area contributed by atoms with E-state index in [-0.39, 0.29) is 29.9 Å². The third-order valence-electron chi connectivity index (χ3n) is 9.22. The van der Waals surface area contributed by atoms with Crippen LogP contribution in [0.5, 0.6) is 0 Å². The fourth-order valence-corrected chi connectivity index (χ4v) is 8.30. The van der Waals surface area contributed by atoms with Gasteiger partial charge in [-0.15, -0.1) is 0 Å². The Kier molecular flexibility index (Phi) is 13.3. The van der Waals surface area contributed by atoms with E-state index in [9.17, 15) is 13.5 Å². The third-order valence-corrected chi connectivity index (χ3v) is 11.0. The first-order chi connectivity index (χ1) is 23.7. The molecule has 1 aliphatic heterocycles. The number of anilines is 2. The van der Waals surface area contributed by atoms with E-state index in [1.165, 1.54) is 17.1 Å². The van der Waals surface area contributed by atoms with Crippen molar-refractivity contribution in [2.75, 3.05) is 50.3 Å². The highest BCUT2D eigenvalue weighted by Crippen LogP contribution is 2.27. The lowest BCUT2D eigenvalue weighted by Crippen LogP contribution is -2.50. The minimum Gasteiger partial charge on any atom is -0.397 e. The van der Waals surface area contributed by atoms with Gasteiger partial charge >= 0.3 is 0 Å². The standard InChI is InChI=1S/C40H53N5O3S/c1-32(2)28-45(49(47,48)36-20-21-37(41)38(27-36)42-22-25-43-23-12-13-24-43)31-40(46)39(26-33-14-6-3-7-15-33)44(29-34-16-8-4-9-17-34)30-35-18-10-5-11-19-35/h3-11,14-21,27,32,39-40,42,46H,12-13,22-26,28-31,41H2,1-2H3. The summed E-state index contributed by atoms with van der Waals surface area (Å²) in [5.74, 6) is 0.0473. The van der Waals surface area contributed by atoms with E-state index in [1.807, 2.05) is 68.4 Å². The topological polar surface area (TPSA) is 102 Å². The van der Waals surface area contributed by atoms with Crippen molar-refractivity contribution in [3.63, 3.8) is 0 Å². The highest BCUT2D eigenvalue weighted by atomic mass is 32.2. The van der Waals surface area contributed by atoms with Crippen LogP contribution in [0, 0.1) is 5.92 Å². The van der Waals surface area contributed by atoms with Crippen LogP contribution in [0.25, 0.3) is 0 Å². The molecule has 1 saturated heterocycles. The van der Waals surface area contributed by atoms with E-state index in [4.69, 9.17) is 5.73 Å². The Morgan fingerprint density at radius 2 is 1.35 bits per heavy atom. The molecule has 262 valence electrons. The number of hydrogen-bond acceptors (Lipinski definition) is 7. The summed E-state index contributed by atoms with van der Waals surface area (Å²) < 4.78 is 30.3. The van der Waals surface area contributed by atoms with Crippen molar-refractivity contribution < 1.29 is 13.5 Å². The highest BCUT2D eigenvalue weighted by molar-refractivity contribution is 7.89. The van der Waals surface area contributed by atoms with Crippen LogP contribution in [-0.2, 0) is 29.5 Å². The molecule has 49 heavy (non-hydrogen) atoms. The number of nitrogens with one attached hydrogen (secondary N) is 1. The van der Waals surface area contributed by atoms with E-state index < -0.39 is 16.1 Å². The molecule has 1 fully saturated rings. The fourth-order valence-electron chi connectivity index (χ4n) is 6.65. The van der Waals surface area contributed by atoms with Crippen LogP contribution in [0.15, 0.2) is 114 Å². The zero-order chi connectivity index (χ0) is 34.6. The normalized spacial score (nSPS) is 15.2. The number of hydrogen-bond donors (Lipinski definition) is 3. The molecule has 8 nitrogen and oxygen atoms in total. The van der Waals surface area contributed by atoms with Gasteiger partial charge in [0.1, 0.15) is 0 Å². The van der Waals surface area contributed by atoms with Crippen molar-refractivity contribution in [2.45, 2.75) is 63.2 Å². The van der Waals surface area contributed by atoms with Gasteiger partial charge in [-0.25, -0.2) is 8.42 Å². The molecule has 9 heteroatoms. The Hall–Kier alpha value is -3.73. The van der Waals surface area contributed by atoms with Crippen LogP contribution in [-0.4, -0.2) is 79.0 Å². The van der Waals surface area contributed by atoms with E-state index in [2.05, 4.69) is 51.5 Å². The molecule has 0 amide bonds. The summed E-state index contributed by atoms with van der Waals surface area (Å²) in [6.07, 6.45) is 2.02. The predicted octanol–water partition coefficient (Wildman–Crippen LogP) is 6.10. The van der Waals surface area contributed by atoms with E-state index >= 15 is 0 Å². The van der Waals surface area contributed by atoms with Crippen molar-refractivity contribution in [3.05, 3.63) is 126 Å².